The van der Waals surface area contributed by atoms with Gasteiger partial charge in [0, 0.05) is 39.0 Å². The highest BCUT2D eigenvalue weighted by Gasteiger charge is 2.24. The molecular weight excluding hydrogens is 374 g/mol. The zero-order chi connectivity index (χ0) is 18.7. The van der Waals surface area contributed by atoms with Crippen LogP contribution in [0.2, 0.25) is 5.15 Å². The summed E-state index contributed by atoms with van der Waals surface area (Å²) >= 11 is 6.06. The van der Waals surface area contributed by atoms with Crippen LogP contribution in [0.25, 0.3) is 0 Å². The van der Waals surface area contributed by atoms with Crippen LogP contribution < -0.4 is 4.72 Å². The molecule has 0 aliphatic rings. The third-order valence-corrected chi connectivity index (χ3v) is 6.16. The Balaban J connectivity index is 1.66. The van der Waals surface area contributed by atoms with Gasteiger partial charge in [-0.2, -0.15) is 5.10 Å². The van der Waals surface area contributed by atoms with Gasteiger partial charge in [0.2, 0.25) is 10.0 Å². The molecule has 0 unspecified atom stereocenters. The van der Waals surface area contributed by atoms with E-state index in [1.165, 1.54) is 4.68 Å². The molecule has 0 amide bonds. The maximum Gasteiger partial charge on any atom is 0.245 e. The van der Waals surface area contributed by atoms with E-state index >= 15 is 0 Å². The van der Waals surface area contributed by atoms with Crippen molar-refractivity contribution in [3.8, 4) is 0 Å². The average molecular weight is 394 g/mol. The van der Waals surface area contributed by atoms with Crippen LogP contribution in [-0.4, -0.2) is 34.3 Å². The molecule has 0 atom stereocenters. The van der Waals surface area contributed by atoms with Crippen LogP contribution in [0.15, 0.2) is 47.6 Å². The number of nitrogens with zero attached hydrogens (tertiary/aromatic N) is 4. The van der Waals surface area contributed by atoms with Crippen molar-refractivity contribution in [2.24, 2.45) is 7.05 Å². The lowest BCUT2D eigenvalue weighted by molar-refractivity contribution is 0.579. The second-order valence-electron chi connectivity index (χ2n) is 5.93. The fourth-order valence-electron chi connectivity index (χ4n) is 2.78. The summed E-state index contributed by atoms with van der Waals surface area (Å²) in [6.45, 7) is 2.53. The van der Waals surface area contributed by atoms with Gasteiger partial charge in [-0.3, -0.25) is 4.68 Å². The first kappa shape index (κ1) is 18.6. The first-order chi connectivity index (χ1) is 12.4. The van der Waals surface area contributed by atoms with Gasteiger partial charge < -0.3 is 4.57 Å². The van der Waals surface area contributed by atoms with Crippen molar-refractivity contribution < 1.29 is 8.42 Å². The Bertz CT molecular complexity index is 996. The van der Waals surface area contributed by atoms with Gasteiger partial charge in [-0.1, -0.05) is 41.9 Å². The minimum atomic E-state index is -3.73. The topological polar surface area (TPSA) is 81.8 Å². The van der Waals surface area contributed by atoms with E-state index < -0.39 is 10.0 Å². The van der Waals surface area contributed by atoms with Crippen molar-refractivity contribution >= 4 is 21.6 Å². The average Bonchev–Trinajstić information content (AvgIpc) is 3.12. The molecule has 0 aliphatic heterocycles. The number of halogens is 1. The second kappa shape index (κ2) is 7.61. The van der Waals surface area contributed by atoms with Gasteiger partial charge in [0.1, 0.15) is 15.9 Å². The quantitative estimate of drug-likeness (QED) is 0.666. The molecule has 0 saturated heterocycles. The number of aryl methyl sites for hydroxylation is 2. The molecule has 138 valence electrons. The van der Waals surface area contributed by atoms with Gasteiger partial charge in [-0.15, -0.1) is 0 Å². The number of hydrogen-bond donors (Lipinski definition) is 1. The van der Waals surface area contributed by atoms with E-state index in [1.54, 1.807) is 20.2 Å². The van der Waals surface area contributed by atoms with Crippen LogP contribution >= 0.6 is 11.6 Å². The molecule has 2 heterocycles. The number of hydrogen-bond acceptors (Lipinski definition) is 4. The largest absolute Gasteiger partial charge is 0.330 e. The highest BCUT2D eigenvalue weighted by Crippen LogP contribution is 2.23. The van der Waals surface area contributed by atoms with E-state index in [0.717, 1.165) is 11.4 Å². The molecule has 0 saturated carbocycles. The third-order valence-electron chi connectivity index (χ3n) is 4.01. The molecule has 0 spiro atoms. The molecule has 9 heteroatoms. The van der Waals surface area contributed by atoms with Crippen molar-refractivity contribution in [2.45, 2.75) is 24.8 Å². The molecule has 0 bridgehead atoms. The predicted octanol–water partition coefficient (Wildman–Crippen LogP) is 2.15. The molecule has 0 fully saturated rings. The number of nitrogens with one attached hydrogen (secondary N) is 1. The van der Waals surface area contributed by atoms with Crippen molar-refractivity contribution in [1.82, 2.24) is 24.1 Å². The summed E-state index contributed by atoms with van der Waals surface area (Å²) in [6, 6.07) is 10.0. The number of benzene rings is 1. The minimum Gasteiger partial charge on any atom is -0.330 e. The SMILES string of the molecule is Cc1nn(C)c(Cl)c1S(=O)(=O)NCCc1nccn1Cc1ccccc1. The molecular formula is C17H20ClN5O2S. The van der Waals surface area contributed by atoms with Gasteiger partial charge >= 0.3 is 0 Å². The van der Waals surface area contributed by atoms with Crippen LogP contribution in [0, 0.1) is 6.92 Å². The summed E-state index contributed by atoms with van der Waals surface area (Å²) in [5.74, 6) is 0.811. The van der Waals surface area contributed by atoms with Crippen LogP contribution in [0.3, 0.4) is 0 Å². The summed E-state index contributed by atoms with van der Waals surface area (Å²) < 4.78 is 31.0. The van der Waals surface area contributed by atoms with Gasteiger partial charge in [0.25, 0.3) is 0 Å². The van der Waals surface area contributed by atoms with Crippen molar-refractivity contribution in [2.75, 3.05) is 6.54 Å². The summed E-state index contributed by atoms with van der Waals surface area (Å²) in [4.78, 5) is 4.35. The van der Waals surface area contributed by atoms with Crippen molar-refractivity contribution in [1.29, 1.82) is 0 Å². The summed E-state index contributed by atoms with van der Waals surface area (Å²) in [7, 11) is -2.12. The Morgan fingerprint density at radius 1 is 1.23 bits per heavy atom. The normalized spacial score (nSPS) is 11.8. The number of rotatable bonds is 7. The summed E-state index contributed by atoms with van der Waals surface area (Å²) in [5.41, 5.74) is 1.53. The lowest BCUT2D eigenvalue weighted by atomic mass is 10.2. The fourth-order valence-corrected chi connectivity index (χ4v) is 4.56. The smallest absolute Gasteiger partial charge is 0.245 e. The standard InChI is InChI=1S/C17H20ClN5O2S/c1-13-16(17(18)22(2)21-13)26(24,25)20-9-8-15-19-10-11-23(15)12-14-6-4-3-5-7-14/h3-7,10-11,20H,8-9,12H2,1-2H3. The van der Waals surface area contributed by atoms with E-state index in [-0.39, 0.29) is 16.6 Å². The van der Waals surface area contributed by atoms with E-state index in [2.05, 4.69) is 14.8 Å². The Hall–Kier alpha value is -2.16. The molecule has 0 aliphatic carbocycles. The zero-order valence-corrected chi connectivity index (χ0v) is 16.1. The van der Waals surface area contributed by atoms with Gasteiger partial charge in [-0.05, 0) is 12.5 Å². The Morgan fingerprint density at radius 2 is 1.96 bits per heavy atom. The van der Waals surface area contributed by atoms with E-state index in [4.69, 9.17) is 11.6 Å². The number of sulfonamides is 1. The van der Waals surface area contributed by atoms with Crippen molar-refractivity contribution in [3.05, 3.63) is 65.0 Å². The number of aromatic nitrogens is 4. The first-order valence-electron chi connectivity index (χ1n) is 8.11. The van der Waals surface area contributed by atoms with Crippen LogP contribution in [-0.2, 0) is 30.0 Å². The van der Waals surface area contributed by atoms with Crippen molar-refractivity contribution in [3.63, 3.8) is 0 Å². The van der Waals surface area contributed by atoms with Crippen LogP contribution in [0.5, 0.6) is 0 Å². The molecule has 0 radical (unpaired) electrons. The second-order valence-corrected chi connectivity index (χ2v) is 8.00. The Labute approximate surface area is 157 Å². The van der Waals surface area contributed by atoms with Gasteiger partial charge in [0.05, 0.1) is 5.69 Å². The summed E-state index contributed by atoms with van der Waals surface area (Å²) in [6.07, 6.45) is 4.07. The number of imidazole rings is 1. The fraction of sp³-hybridized carbons (Fsp3) is 0.294. The molecule has 26 heavy (non-hydrogen) atoms. The zero-order valence-electron chi connectivity index (χ0n) is 14.6. The predicted molar refractivity (Wildman–Crippen MR) is 99.6 cm³/mol. The molecule has 2 aromatic heterocycles. The molecule has 1 N–H and O–H groups in total. The monoisotopic (exact) mass is 393 g/mol. The lowest BCUT2D eigenvalue weighted by Crippen LogP contribution is -2.27. The van der Waals surface area contributed by atoms with Gasteiger partial charge in [-0.25, -0.2) is 18.1 Å². The molecule has 3 aromatic rings. The van der Waals surface area contributed by atoms with E-state index in [9.17, 15) is 8.42 Å². The maximum atomic E-state index is 12.5. The molecule has 7 nitrogen and oxygen atoms in total. The minimum absolute atomic E-state index is 0.0225. The third kappa shape index (κ3) is 3.98. The molecule has 3 rings (SSSR count). The Kier molecular flexibility index (Phi) is 5.45. The highest BCUT2D eigenvalue weighted by molar-refractivity contribution is 7.89. The van der Waals surface area contributed by atoms with E-state index in [1.807, 2.05) is 41.1 Å². The van der Waals surface area contributed by atoms with E-state index in [0.29, 0.717) is 18.7 Å². The van der Waals surface area contributed by atoms with Crippen LogP contribution in [0.4, 0.5) is 0 Å². The summed E-state index contributed by atoms with van der Waals surface area (Å²) in [5, 5.41) is 4.14. The van der Waals surface area contributed by atoms with Crippen LogP contribution in [0.1, 0.15) is 17.1 Å². The first-order valence-corrected chi connectivity index (χ1v) is 9.97. The van der Waals surface area contributed by atoms with Gasteiger partial charge in [0.15, 0.2) is 0 Å². The maximum absolute atomic E-state index is 12.5. The highest BCUT2D eigenvalue weighted by atomic mass is 35.5. The lowest BCUT2D eigenvalue weighted by Gasteiger charge is -2.09. The Morgan fingerprint density at radius 3 is 2.62 bits per heavy atom. The molecule has 1 aromatic carbocycles.